The van der Waals surface area contributed by atoms with Crippen LogP contribution in [-0.4, -0.2) is 54.5 Å². The Morgan fingerprint density at radius 1 is 1.26 bits per heavy atom. The number of hydrogen-bond donors (Lipinski definition) is 5. The lowest BCUT2D eigenvalue weighted by Crippen LogP contribution is -2.42. The number of nitrogens with one attached hydrogen (secondary N) is 3. The minimum Gasteiger partial charge on any atom is -0.444 e. The van der Waals surface area contributed by atoms with Crippen LogP contribution in [0.4, 0.5) is 4.79 Å². The molecule has 3 aliphatic rings. The van der Waals surface area contributed by atoms with Gasteiger partial charge in [-0.3, -0.25) is 4.99 Å². The average Bonchev–Trinajstić information content (AvgIpc) is 2.88. The Morgan fingerprint density at radius 3 is 2.59 bits per heavy atom. The second kappa shape index (κ2) is 13.1. The first-order valence-electron chi connectivity index (χ1n) is 13.3. The van der Waals surface area contributed by atoms with Gasteiger partial charge in [-0.1, -0.05) is 13.8 Å². The Morgan fingerprint density at radius 2 is 1.97 bits per heavy atom. The van der Waals surface area contributed by atoms with E-state index in [2.05, 4.69) is 20.6 Å². The van der Waals surface area contributed by atoms with Crippen LogP contribution in [0, 0.1) is 17.2 Å². The quantitative estimate of drug-likeness (QED) is 0.235. The van der Waals surface area contributed by atoms with E-state index in [9.17, 15) is 4.79 Å². The summed E-state index contributed by atoms with van der Waals surface area (Å²) in [5, 5.41) is 14.1. The smallest absolute Gasteiger partial charge is 0.410 e. The van der Waals surface area contributed by atoms with Crippen LogP contribution < -0.4 is 22.1 Å². The molecular weight excluding hydrogens is 492 g/mol. The number of ether oxygens (including phenoxy) is 1. The van der Waals surface area contributed by atoms with Crippen LogP contribution in [0.3, 0.4) is 0 Å². The summed E-state index contributed by atoms with van der Waals surface area (Å²) < 4.78 is 5.48. The van der Waals surface area contributed by atoms with Crippen molar-refractivity contribution in [3.8, 4) is 0 Å². The van der Waals surface area contributed by atoms with Gasteiger partial charge in [0.05, 0.1) is 11.4 Å². The van der Waals surface area contributed by atoms with Crippen LogP contribution in [0.25, 0.3) is 0 Å². The monoisotopic (exact) mass is 534 g/mol. The van der Waals surface area contributed by atoms with Crippen molar-refractivity contribution in [2.45, 2.75) is 53.1 Å². The third-order valence-corrected chi connectivity index (χ3v) is 6.41. The van der Waals surface area contributed by atoms with Gasteiger partial charge in [0.15, 0.2) is 0 Å². The number of rotatable bonds is 8. The second-order valence-electron chi connectivity index (χ2n) is 11.1. The molecule has 7 N–H and O–H groups in total. The predicted molar refractivity (Wildman–Crippen MR) is 158 cm³/mol. The first-order valence-corrected chi connectivity index (χ1v) is 13.3. The summed E-state index contributed by atoms with van der Waals surface area (Å²) in [7, 11) is 0. The molecule has 0 aliphatic carbocycles. The number of carbonyl (C=O) groups is 1. The van der Waals surface area contributed by atoms with E-state index in [-0.39, 0.29) is 12.0 Å². The molecule has 0 unspecified atom stereocenters. The van der Waals surface area contributed by atoms with Crippen LogP contribution in [0.15, 0.2) is 80.6 Å². The van der Waals surface area contributed by atoms with Crippen molar-refractivity contribution in [3.05, 3.63) is 70.6 Å². The molecule has 10 heteroatoms. The number of amidine groups is 1. The fourth-order valence-corrected chi connectivity index (χ4v) is 4.18. The molecule has 0 atom stereocenters. The van der Waals surface area contributed by atoms with Crippen LogP contribution >= 0.6 is 0 Å². The summed E-state index contributed by atoms with van der Waals surface area (Å²) in [5.74, 6) is 1.51. The number of aliphatic imine (C=N–C) groups is 2. The first-order chi connectivity index (χ1) is 18.5. The summed E-state index contributed by atoms with van der Waals surface area (Å²) >= 11 is 0. The average molecular weight is 535 g/mol. The number of nitrogens with two attached hydrogens (primary N) is 2. The van der Waals surface area contributed by atoms with Crippen molar-refractivity contribution < 1.29 is 9.53 Å². The van der Waals surface area contributed by atoms with E-state index in [1.807, 2.05) is 59.0 Å². The van der Waals surface area contributed by atoms with Gasteiger partial charge in [0.1, 0.15) is 17.3 Å². The maximum absolute atomic E-state index is 12.3. The maximum atomic E-state index is 12.3. The SMILES string of the molecule is CC(C)C(C=N)=CC(N)=NC1=CC=C2NC=C(C(C=NCC3CCN(C(=O)OC(C)(C)C)CC3)=CN)C=C2N1. The summed E-state index contributed by atoms with van der Waals surface area (Å²) in [6.45, 7) is 11.7. The van der Waals surface area contributed by atoms with Crippen molar-refractivity contribution in [3.63, 3.8) is 0 Å². The van der Waals surface area contributed by atoms with Crippen LogP contribution in [0.5, 0.6) is 0 Å². The zero-order chi connectivity index (χ0) is 28.6. The van der Waals surface area contributed by atoms with Gasteiger partial charge < -0.3 is 37.1 Å². The van der Waals surface area contributed by atoms with E-state index < -0.39 is 5.60 Å². The summed E-state index contributed by atoms with van der Waals surface area (Å²) in [6, 6.07) is 0. The number of fused-ring (bicyclic) bond motifs is 1. The molecular formula is C29H42N8O2. The first kappa shape index (κ1) is 29.5. The molecule has 1 fully saturated rings. The Kier molecular flexibility index (Phi) is 9.92. The number of dihydropyridines is 2. The predicted octanol–water partition coefficient (Wildman–Crippen LogP) is 3.84. The Balaban J connectivity index is 1.57. The van der Waals surface area contributed by atoms with E-state index in [0.29, 0.717) is 37.2 Å². The van der Waals surface area contributed by atoms with Crippen LogP contribution in [0.1, 0.15) is 47.5 Å². The van der Waals surface area contributed by atoms with Gasteiger partial charge in [0, 0.05) is 55.6 Å². The van der Waals surface area contributed by atoms with Gasteiger partial charge in [-0.15, -0.1) is 0 Å². The Labute approximate surface area is 231 Å². The summed E-state index contributed by atoms with van der Waals surface area (Å²) in [4.78, 5) is 23.2. The topological polar surface area (TPSA) is 154 Å². The third-order valence-electron chi connectivity index (χ3n) is 6.41. The number of carbonyl (C=O) groups excluding carboxylic acids is 1. The highest BCUT2D eigenvalue weighted by Gasteiger charge is 2.26. The van der Waals surface area contributed by atoms with Gasteiger partial charge in [0.25, 0.3) is 0 Å². The fraction of sp³-hybridized carbons (Fsp3) is 0.448. The van der Waals surface area contributed by atoms with Crippen molar-refractivity contribution in [2.24, 2.45) is 33.3 Å². The van der Waals surface area contributed by atoms with Gasteiger partial charge >= 0.3 is 6.09 Å². The van der Waals surface area contributed by atoms with Crippen molar-refractivity contribution >= 4 is 24.4 Å². The van der Waals surface area contributed by atoms with Crippen LogP contribution in [-0.2, 0) is 4.74 Å². The molecule has 39 heavy (non-hydrogen) atoms. The van der Waals surface area contributed by atoms with E-state index in [1.54, 1.807) is 23.4 Å². The standard InChI is InChI=1S/C29H42N8O2/c1-19(2)21(14-30)13-26(32)36-27-7-6-24-25(35-27)12-22(18-34-24)23(15-31)17-33-16-20-8-10-37(11-9-20)28(38)39-29(3,4)5/h6-7,12-15,17-20,30,34-35H,8-11,16,31H2,1-5H3,(H2,32,36). The van der Waals surface area contributed by atoms with Gasteiger partial charge in [-0.25, -0.2) is 9.79 Å². The molecule has 10 nitrogen and oxygen atoms in total. The van der Waals surface area contributed by atoms with Crippen LogP contribution in [0.2, 0.25) is 0 Å². The molecule has 0 aromatic rings. The highest BCUT2D eigenvalue weighted by atomic mass is 16.6. The molecule has 210 valence electrons. The molecule has 0 radical (unpaired) electrons. The number of amides is 1. The van der Waals surface area contributed by atoms with Gasteiger partial charge in [0.2, 0.25) is 0 Å². The molecule has 1 saturated heterocycles. The van der Waals surface area contributed by atoms with Gasteiger partial charge in [-0.2, -0.15) is 0 Å². The Hall–Kier alpha value is -4.08. The summed E-state index contributed by atoms with van der Waals surface area (Å²) in [6.07, 6.45) is 15.5. The lowest BCUT2D eigenvalue weighted by Gasteiger charge is -2.32. The molecule has 1 amide bonds. The van der Waals surface area contributed by atoms with Crippen molar-refractivity contribution in [1.82, 2.24) is 15.5 Å². The minimum absolute atomic E-state index is 0.183. The van der Waals surface area contributed by atoms with Crippen molar-refractivity contribution in [1.29, 1.82) is 5.41 Å². The molecule has 0 spiro atoms. The van der Waals surface area contributed by atoms with Gasteiger partial charge in [-0.05, 0) is 75.3 Å². The molecule has 0 aromatic heterocycles. The molecule has 3 aliphatic heterocycles. The van der Waals surface area contributed by atoms with E-state index in [1.165, 1.54) is 6.21 Å². The number of hydrogen-bond acceptors (Lipinski definition) is 8. The third kappa shape index (κ3) is 8.73. The number of allylic oxidation sites excluding steroid dienone is 6. The lowest BCUT2D eigenvalue weighted by molar-refractivity contribution is 0.0187. The maximum Gasteiger partial charge on any atom is 0.410 e. The highest BCUT2D eigenvalue weighted by molar-refractivity contribution is 5.97. The zero-order valence-corrected chi connectivity index (χ0v) is 23.6. The normalized spacial score (nSPS) is 19.4. The second-order valence-corrected chi connectivity index (χ2v) is 11.1. The largest absolute Gasteiger partial charge is 0.444 e. The molecule has 0 saturated carbocycles. The number of nitrogens with zero attached hydrogens (tertiary/aromatic N) is 3. The van der Waals surface area contributed by atoms with E-state index >= 15 is 0 Å². The van der Waals surface area contributed by atoms with E-state index in [0.717, 1.165) is 41.0 Å². The van der Waals surface area contributed by atoms with Crippen molar-refractivity contribution in [2.75, 3.05) is 19.6 Å². The lowest BCUT2D eigenvalue weighted by atomic mass is 9.97. The molecule has 0 bridgehead atoms. The molecule has 3 heterocycles. The summed E-state index contributed by atoms with van der Waals surface area (Å²) in [5.41, 5.74) is 15.8. The fourth-order valence-electron chi connectivity index (χ4n) is 4.18. The number of likely N-dealkylation sites (tertiary alicyclic amines) is 1. The highest BCUT2D eigenvalue weighted by Crippen LogP contribution is 2.23. The zero-order valence-electron chi connectivity index (χ0n) is 23.6. The molecule has 0 aromatic carbocycles. The molecule has 3 rings (SSSR count). The Bertz CT molecular complexity index is 1180. The number of piperidine rings is 1. The van der Waals surface area contributed by atoms with E-state index in [4.69, 9.17) is 21.6 Å². The minimum atomic E-state index is -0.487.